The van der Waals surface area contributed by atoms with Crippen LogP contribution in [0.4, 0.5) is 10.1 Å². The second-order valence-electron chi connectivity index (χ2n) is 10.1. The van der Waals surface area contributed by atoms with Gasteiger partial charge in [-0.15, -0.1) is 0 Å². The van der Waals surface area contributed by atoms with Crippen molar-refractivity contribution in [1.29, 1.82) is 0 Å². The topological polar surface area (TPSA) is 94.6 Å². The minimum Gasteiger partial charge on any atom is -0.392 e. The molecule has 2 amide bonds. The lowest BCUT2D eigenvalue weighted by atomic mass is 9.94. The Balaban J connectivity index is 1.54. The molecule has 3 atom stereocenters. The van der Waals surface area contributed by atoms with Gasteiger partial charge >= 0.3 is 0 Å². The number of carbonyl (C=O) groups excluding carboxylic acids is 2. The van der Waals surface area contributed by atoms with Crippen LogP contribution in [-0.4, -0.2) is 46.6 Å². The van der Waals surface area contributed by atoms with E-state index >= 15 is 4.39 Å². The molecule has 2 saturated carbocycles. The molecular formula is C27H33FN4O3. The maximum atomic E-state index is 15.1. The molecule has 3 aliphatic rings. The van der Waals surface area contributed by atoms with Crippen LogP contribution in [0.1, 0.15) is 74.5 Å². The van der Waals surface area contributed by atoms with E-state index in [1.807, 2.05) is 0 Å². The van der Waals surface area contributed by atoms with Gasteiger partial charge in [0.15, 0.2) is 0 Å². The van der Waals surface area contributed by atoms with Crippen molar-refractivity contribution in [3.8, 4) is 0 Å². The lowest BCUT2D eigenvalue weighted by Crippen LogP contribution is -2.51. The monoisotopic (exact) mass is 480 g/mol. The van der Waals surface area contributed by atoms with E-state index in [-0.39, 0.29) is 36.0 Å². The molecule has 1 saturated heterocycles. The van der Waals surface area contributed by atoms with Crippen LogP contribution in [-0.2, 0) is 9.59 Å². The highest BCUT2D eigenvalue weighted by Crippen LogP contribution is 2.42. The van der Waals surface area contributed by atoms with Crippen molar-refractivity contribution in [2.75, 3.05) is 11.4 Å². The molecule has 0 radical (unpaired) electrons. The molecule has 7 nitrogen and oxygen atoms in total. The molecule has 5 rings (SSSR count). The van der Waals surface area contributed by atoms with Crippen molar-refractivity contribution in [2.24, 2.45) is 0 Å². The third kappa shape index (κ3) is 5.38. The van der Waals surface area contributed by atoms with Crippen molar-refractivity contribution in [1.82, 2.24) is 15.6 Å². The molecule has 2 heterocycles. The van der Waals surface area contributed by atoms with E-state index < -0.39 is 18.2 Å². The Morgan fingerprint density at radius 1 is 1.14 bits per heavy atom. The van der Waals surface area contributed by atoms with E-state index in [1.165, 1.54) is 11.0 Å². The van der Waals surface area contributed by atoms with Gasteiger partial charge in [0, 0.05) is 36.2 Å². The number of rotatable bonds is 7. The molecule has 35 heavy (non-hydrogen) atoms. The van der Waals surface area contributed by atoms with E-state index in [4.69, 9.17) is 0 Å². The fraction of sp³-hybridized carbons (Fsp3) is 0.519. The maximum absolute atomic E-state index is 15.1. The number of nitrogens with one attached hydrogen (secondary N) is 2. The van der Waals surface area contributed by atoms with Gasteiger partial charge < -0.3 is 15.7 Å². The number of anilines is 1. The zero-order valence-electron chi connectivity index (χ0n) is 19.8. The summed E-state index contributed by atoms with van der Waals surface area (Å²) in [6.45, 7) is 0.297. The predicted molar refractivity (Wildman–Crippen MR) is 130 cm³/mol. The number of hydrogen-bond donors (Lipinski definition) is 3. The summed E-state index contributed by atoms with van der Waals surface area (Å²) in [4.78, 5) is 33.2. The zero-order chi connectivity index (χ0) is 24.4. The van der Waals surface area contributed by atoms with Crippen LogP contribution in [0.3, 0.4) is 0 Å². The molecule has 1 aliphatic heterocycles. The van der Waals surface area contributed by atoms with E-state index in [0.29, 0.717) is 23.4 Å². The largest absolute Gasteiger partial charge is 0.392 e. The fourth-order valence-electron chi connectivity index (χ4n) is 5.35. The first kappa shape index (κ1) is 23.9. The standard InChI is InChI=1S/C27H33FN4O3/c28-23-13-20(10-11-22(23)17-8-9-17)32(27(35)24-14-21(33)16-30-24)25(18-5-4-12-29-15-18)26(34)31-19-6-2-1-3-7-19/h4-5,10-13,15,17,19,21,24-25,30,33H,1-3,6-9,14,16H2,(H,31,34). The third-order valence-electron chi connectivity index (χ3n) is 7.38. The molecule has 2 aromatic rings. The summed E-state index contributed by atoms with van der Waals surface area (Å²) in [5, 5.41) is 16.3. The predicted octanol–water partition coefficient (Wildman–Crippen LogP) is 3.34. The highest BCUT2D eigenvalue weighted by Gasteiger charge is 2.40. The lowest BCUT2D eigenvalue weighted by molar-refractivity contribution is -0.128. The zero-order valence-corrected chi connectivity index (χ0v) is 19.8. The fourth-order valence-corrected chi connectivity index (χ4v) is 5.35. The Hall–Kier alpha value is -2.84. The number of hydrogen-bond acceptors (Lipinski definition) is 5. The number of carbonyl (C=O) groups is 2. The number of nitrogens with zero attached hydrogens (tertiary/aromatic N) is 2. The molecule has 1 aromatic carbocycles. The summed E-state index contributed by atoms with van der Waals surface area (Å²) >= 11 is 0. The SMILES string of the molecule is O=C(NC1CCCCC1)C(c1cccnc1)N(C(=O)C1CC(O)CN1)c1ccc(C2CC2)c(F)c1. The van der Waals surface area contributed by atoms with Gasteiger partial charge in [-0.2, -0.15) is 0 Å². The van der Waals surface area contributed by atoms with Crippen LogP contribution in [0.15, 0.2) is 42.7 Å². The number of β-amino-alcohol motifs (C(OH)–C–C–N with tert-alkyl or cyclic N) is 1. The minimum atomic E-state index is -1.01. The van der Waals surface area contributed by atoms with Crippen LogP contribution in [0.2, 0.25) is 0 Å². The maximum Gasteiger partial charge on any atom is 0.248 e. The van der Waals surface area contributed by atoms with Crippen LogP contribution in [0, 0.1) is 5.82 Å². The van der Waals surface area contributed by atoms with Crippen molar-refractivity contribution in [3.05, 3.63) is 59.7 Å². The van der Waals surface area contributed by atoms with E-state index in [2.05, 4.69) is 15.6 Å². The molecule has 2 aliphatic carbocycles. The van der Waals surface area contributed by atoms with E-state index in [0.717, 1.165) is 44.9 Å². The number of halogens is 1. The van der Waals surface area contributed by atoms with E-state index in [9.17, 15) is 14.7 Å². The van der Waals surface area contributed by atoms with Crippen LogP contribution < -0.4 is 15.5 Å². The quantitative estimate of drug-likeness (QED) is 0.565. The van der Waals surface area contributed by atoms with Crippen LogP contribution >= 0.6 is 0 Å². The Morgan fingerprint density at radius 2 is 1.94 bits per heavy atom. The number of aliphatic hydroxyl groups is 1. The van der Waals surface area contributed by atoms with Gasteiger partial charge in [-0.05, 0) is 61.8 Å². The summed E-state index contributed by atoms with van der Waals surface area (Å²) in [5.74, 6) is -0.806. The Morgan fingerprint density at radius 3 is 2.57 bits per heavy atom. The Bertz CT molecular complexity index is 1060. The van der Waals surface area contributed by atoms with E-state index in [1.54, 1.807) is 36.7 Å². The van der Waals surface area contributed by atoms with Gasteiger partial charge in [-0.25, -0.2) is 4.39 Å². The third-order valence-corrected chi connectivity index (χ3v) is 7.38. The molecule has 3 unspecified atom stereocenters. The second kappa shape index (κ2) is 10.4. The molecule has 0 bridgehead atoms. The van der Waals surface area contributed by atoms with Gasteiger partial charge in [0.2, 0.25) is 11.8 Å². The summed E-state index contributed by atoms with van der Waals surface area (Å²) in [6.07, 6.45) is 9.80. The summed E-state index contributed by atoms with van der Waals surface area (Å²) in [7, 11) is 0. The molecular weight excluding hydrogens is 447 g/mol. The molecule has 186 valence electrons. The van der Waals surface area contributed by atoms with Crippen LogP contribution in [0.25, 0.3) is 0 Å². The number of amides is 2. The lowest BCUT2D eigenvalue weighted by Gasteiger charge is -2.34. The summed E-state index contributed by atoms with van der Waals surface area (Å²) in [5.41, 5.74) is 1.53. The average Bonchev–Trinajstić information content (AvgIpc) is 3.62. The van der Waals surface area contributed by atoms with Gasteiger partial charge in [0.05, 0.1) is 12.1 Å². The van der Waals surface area contributed by atoms with Crippen molar-refractivity contribution in [3.63, 3.8) is 0 Å². The minimum absolute atomic E-state index is 0.0489. The smallest absolute Gasteiger partial charge is 0.248 e. The second-order valence-corrected chi connectivity index (χ2v) is 10.1. The first-order chi connectivity index (χ1) is 17.0. The first-order valence-corrected chi connectivity index (χ1v) is 12.8. The highest BCUT2D eigenvalue weighted by molar-refractivity contribution is 6.04. The highest BCUT2D eigenvalue weighted by atomic mass is 19.1. The molecule has 0 spiro atoms. The number of pyridine rings is 1. The molecule has 8 heteroatoms. The summed E-state index contributed by atoms with van der Waals surface area (Å²) in [6, 6.07) is 6.70. The Kier molecular flexibility index (Phi) is 7.11. The van der Waals surface area contributed by atoms with Crippen molar-refractivity contribution >= 4 is 17.5 Å². The van der Waals surface area contributed by atoms with Crippen molar-refractivity contribution in [2.45, 2.75) is 81.5 Å². The van der Waals surface area contributed by atoms with Crippen LogP contribution in [0.5, 0.6) is 0 Å². The summed E-state index contributed by atoms with van der Waals surface area (Å²) < 4.78 is 15.1. The van der Waals surface area contributed by atoms with Gasteiger partial charge in [0.25, 0.3) is 0 Å². The number of benzene rings is 1. The number of aliphatic hydroxyl groups excluding tert-OH is 1. The van der Waals surface area contributed by atoms with Gasteiger partial charge in [0.1, 0.15) is 11.9 Å². The molecule has 1 aromatic heterocycles. The molecule has 3 fully saturated rings. The van der Waals surface area contributed by atoms with Gasteiger partial charge in [-0.3, -0.25) is 19.5 Å². The normalized spacial score (nSPS) is 23.6. The molecule has 3 N–H and O–H groups in total. The number of aromatic nitrogens is 1. The van der Waals surface area contributed by atoms with Gasteiger partial charge in [-0.1, -0.05) is 31.4 Å². The Labute approximate surface area is 205 Å². The first-order valence-electron chi connectivity index (χ1n) is 12.8. The average molecular weight is 481 g/mol. The van der Waals surface area contributed by atoms with Crippen molar-refractivity contribution < 1.29 is 19.1 Å².